The van der Waals surface area contributed by atoms with Crippen LogP contribution in [0.5, 0.6) is 0 Å². The van der Waals surface area contributed by atoms with Crippen LogP contribution in [0.1, 0.15) is 94.8 Å². The van der Waals surface area contributed by atoms with Gasteiger partial charge in [-0.1, -0.05) is 72.1 Å². The summed E-state index contributed by atoms with van der Waals surface area (Å²) < 4.78 is 1.49. The molecule has 33 heavy (non-hydrogen) atoms. The fraction of sp³-hybridized carbons (Fsp3) is 0.593. The van der Waals surface area contributed by atoms with Crippen LogP contribution in [0.2, 0.25) is 0 Å². The van der Waals surface area contributed by atoms with Crippen LogP contribution >= 0.6 is 0 Å². The lowest BCUT2D eigenvalue weighted by atomic mass is 9.97. The van der Waals surface area contributed by atoms with Crippen LogP contribution in [0.15, 0.2) is 29.1 Å². The normalized spacial score (nSPS) is 12.0. The second kappa shape index (κ2) is 13.2. The predicted octanol–water partition coefficient (Wildman–Crippen LogP) is 5.32. The topological polar surface area (TPSA) is 75.2 Å². The Labute approximate surface area is 198 Å². The Bertz CT molecular complexity index is 973. The van der Waals surface area contributed by atoms with Gasteiger partial charge in [-0.05, 0) is 43.7 Å². The van der Waals surface area contributed by atoms with Gasteiger partial charge in [0.2, 0.25) is 5.91 Å². The van der Waals surface area contributed by atoms with Crippen LogP contribution in [0.3, 0.4) is 0 Å². The van der Waals surface area contributed by atoms with E-state index in [1.54, 1.807) is 4.90 Å². The molecule has 0 fully saturated rings. The summed E-state index contributed by atoms with van der Waals surface area (Å²) >= 11 is 0. The number of nitrogens with one attached hydrogen (secondary N) is 1. The van der Waals surface area contributed by atoms with Gasteiger partial charge in [0.1, 0.15) is 5.56 Å². The van der Waals surface area contributed by atoms with Crippen LogP contribution in [-0.2, 0) is 17.6 Å². The smallest absolute Gasteiger partial charge is 0.282 e. The molecule has 6 nitrogen and oxygen atoms in total. The molecule has 0 radical (unpaired) electrons. The minimum atomic E-state index is -0.335. The minimum absolute atomic E-state index is 0.0398. The van der Waals surface area contributed by atoms with E-state index in [4.69, 9.17) is 0 Å². The van der Waals surface area contributed by atoms with Crippen molar-refractivity contribution in [2.75, 3.05) is 13.1 Å². The van der Waals surface area contributed by atoms with Crippen LogP contribution in [-0.4, -0.2) is 39.5 Å². The van der Waals surface area contributed by atoms with E-state index < -0.39 is 0 Å². The highest BCUT2D eigenvalue weighted by molar-refractivity contribution is 6.00. The molecule has 1 unspecified atom stereocenters. The summed E-state index contributed by atoms with van der Waals surface area (Å²) in [7, 11) is 0. The van der Waals surface area contributed by atoms with E-state index in [1.165, 1.54) is 4.68 Å². The van der Waals surface area contributed by atoms with Crippen molar-refractivity contribution in [3.63, 3.8) is 0 Å². The van der Waals surface area contributed by atoms with Gasteiger partial charge in [-0.25, -0.2) is 4.68 Å². The van der Waals surface area contributed by atoms with Gasteiger partial charge in [0.25, 0.3) is 5.56 Å². The number of aryl methyl sites for hydroxylation is 2. The quantitative estimate of drug-likeness (QED) is 0.392. The molecule has 0 aliphatic heterocycles. The summed E-state index contributed by atoms with van der Waals surface area (Å²) in [5, 5.41) is 3.16. The summed E-state index contributed by atoms with van der Waals surface area (Å²) in [5.74, 6) is -0.312. The Morgan fingerprint density at radius 1 is 1.00 bits per heavy atom. The zero-order valence-electron chi connectivity index (χ0n) is 21.1. The highest BCUT2D eigenvalue weighted by Crippen LogP contribution is 2.18. The lowest BCUT2D eigenvalue weighted by Crippen LogP contribution is -2.41. The summed E-state index contributed by atoms with van der Waals surface area (Å²) in [6.45, 7) is 10.7. The van der Waals surface area contributed by atoms with Crippen molar-refractivity contribution >= 4 is 11.7 Å². The number of Topliss-reactive ketones (excluding diaryl/α,β-unsaturated/α-hetero) is 1. The lowest BCUT2D eigenvalue weighted by Gasteiger charge is -2.26. The van der Waals surface area contributed by atoms with Gasteiger partial charge in [-0.2, -0.15) is 0 Å². The second-order valence-electron chi connectivity index (χ2n) is 8.73. The number of hydrogen-bond acceptors (Lipinski definition) is 3. The van der Waals surface area contributed by atoms with Crippen molar-refractivity contribution in [2.45, 2.75) is 86.0 Å². The molecule has 0 saturated carbocycles. The van der Waals surface area contributed by atoms with E-state index in [0.717, 1.165) is 56.2 Å². The molecule has 1 N–H and O–H groups in total. The molecule has 1 aromatic heterocycles. The summed E-state index contributed by atoms with van der Waals surface area (Å²) in [6.07, 6.45) is 6.74. The van der Waals surface area contributed by atoms with Crippen molar-refractivity contribution in [3.05, 3.63) is 51.4 Å². The fourth-order valence-corrected chi connectivity index (χ4v) is 4.30. The molecule has 0 bridgehead atoms. The molecule has 0 saturated heterocycles. The van der Waals surface area contributed by atoms with Gasteiger partial charge >= 0.3 is 0 Å². The van der Waals surface area contributed by atoms with Crippen molar-refractivity contribution < 1.29 is 9.59 Å². The zero-order chi connectivity index (χ0) is 24.4. The molecule has 1 heterocycles. The highest BCUT2D eigenvalue weighted by atomic mass is 16.2. The standard InChI is InChI=1S/C27H41N3O3/c1-6-11-15-21(9-4)26(32)29(18-12-7-2)19-24(31)25-22(10-5)28-30(27(25)33)23-17-14-13-16-20(23)8-3/h13-14,16-17,21,28H,6-12,15,18-19H2,1-5H3. The van der Waals surface area contributed by atoms with E-state index in [9.17, 15) is 14.4 Å². The molecule has 0 aliphatic carbocycles. The predicted molar refractivity (Wildman–Crippen MR) is 134 cm³/mol. The molecule has 1 atom stereocenters. The number of H-pyrrole nitrogens is 1. The number of aromatic amines is 1. The van der Waals surface area contributed by atoms with Gasteiger partial charge in [0, 0.05) is 18.2 Å². The van der Waals surface area contributed by atoms with E-state index in [0.29, 0.717) is 18.7 Å². The maximum absolute atomic E-state index is 13.4. The van der Waals surface area contributed by atoms with Gasteiger partial charge in [0.15, 0.2) is 5.78 Å². The number of aromatic nitrogens is 2. The van der Waals surface area contributed by atoms with E-state index in [2.05, 4.69) is 18.9 Å². The zero-order valence-corrected chi connectivity index (χ0v) is 21.1. The Morgan fingerprint density at radius 2 is 1.70 bits per heavy atom. The highest BCUT2D eigenvalue weighted by Gasteiger charge is 2.28. The molecule has 2 aromatic rings. The molecule has 182 valence electrons. The Kier molecular flexibility index (Phi) is 10.6. The lowest BCUT2D eigenvalue weighted by molar-refractivity contribution is -0.135. The Hall–Kier alpha value is -2.63. The third-order valence-electron chi connectivity index (χ3n) is 6.39. The number of benzene rings is 1. The number of hydrogen-bond donors (Lipinski definition) is 1. The van der Waals surface area contributed by atoms with Crippen molar-refractivity contribution in [1.82, 2.24) is 14.7 Å². The van der Waals surface area contributed by atoms with Crippen molar-refractivity contribution in [1.29, 1.82) is 0 Å². The number of rotatable bonds is 14. The molecular weight excluding hydrogens is 414 g/mol. The summed E-state index contributed by atoms with van der Waals surface area (Å²) in [5.41, 5.74) is 2.27. The Morgan fingerprint density at radius 3 is 2.30 bits per heavy atom. The number of unbranched alkanes of at least 4 members (excludes halogenated alkanes) is 2. The number of carbonyl (C=O) groups excluding carboxylic acids is 2. The average Bonchev–Trinajstić information content (AvgIpc) is 3.17. The fourth-order valence-electron chi connectivity index (χ4n) is 4.30. The largest absolute Gasteiger partial charge is 0.335 e. The summed E-state index contributed by atoms with van der Waals surface area (Å²) in [4.78, 5) is 41.8. The number of ketones is 1. The van der Waals surface area contributed by atoms with E-state index in [-0.39, 0.29) is 35.3 Å². The number of nitrogens with zero attached hydrogens (tertiary/aromatic N) is 2. The van der Waals surface area contributed by atoms with Gasteiger partial charge in [-0.15, -0.1) is 0 Å². The van der Waals surface area contributed by atoms with Gasteiger partial charge in [-0.3, -0.25) is 19.5 Å². The molecule has 1 amide bonds. The van der Waals surface area contributed by atoms with Gasteiger partial charge in [0.05, 0.1) is 12.2 Å². The maximum atomic E-state index is 13.4. The molecule has 2 rings (SSSR count). The first kappa shape index (κ1) is 26.6. The van der Waals surface area contributed by atoms with Crippen molar-refractivity contribution in [2.24, 2.45) is 5.92 Å². The third kappa shape index (κ3) is 6.46. The molecular formula is C27H41N3O3. The SMILES string of the molecule is CCCCC(CC)C(=O)N(CCCC)CC(=O)c1c(CC)[nH]n(-c2ccccc2CC)c1=O. The number of para-hydroxylation sites is 1. The third-order valence-corrected chi connectivity index (χ3v) is 6.39. The van der Waals surface area contributed by atoms with E-state index in [1.807, 2.05) is 45.0 Å². The van der Waals surface area contributed by atoms with Gasteiger partial charge < -0.3 is 4.90 Å². The molecule has 1 aromatic carbocycles. The second-order valence-corrected chi connectivity index (χ2v) is 8.73. The van der Waals surface area contributed by atoms with Crippen molar-refractivity contribution in [3.8, 4) is 5.69 Å². The van der Waals surface area contributed by atoms with Crippen LogP contribution in [0.4, 0.5) is 0 Å². The summed E-state index contributed by atoms with van der Waals surface area (Å²) in [6, 6.07) is 7.72. The number of amides is 1. The first-order chi connectivity index (χ1) is 15.9. The minimum Gasteiger partial charge on any atom is -0.335 e. The number of carbonyl (C=O) groups is 2. The maximum Gasteiger partial charge on any atom is 0.282 e. The van der Waals surface area contributed by atoms with Crippen LogP contribution in [0, 0.1) is 5.92 Å². The van der Waals surface area contributed by atoms with Crippen LogP contribution in [0.25, 0.3) is 5.69 Å². The van der Waals surface area contributed by atoms with E-state index >= 15 is 0 Å². The molecule has 0 aliphatic rings. The monoisotopic (exact) mass is 455 g/mol. The molecule has 6 heteroatoms. The Balaban J connectivity index is 2.38. The average molecular weight is 456 g/mol. The van der Waals surface area contributed by atoms with Crippen LogP contribution < -0.4 is 5.56 Å². The molecule has 0 spiro atoms. The first-order valence-electron chi connectivity index (χ1n) is 12.7. The first-order valence-corrected chi connectivity index (χ1v) is 12.7.